The number of nitrogens with zero attached hydrogens (tertiary/aromatic N) is 1. The largest absolute Gasteiger partial charge is 0.496 e. The SMILES string of the molecule is CCC(N)c1cn(C)c2cccc(OC)c12. The summed E-state index contributed by atoms with van der Waals surface area (Å²) in [5.41, 5.74) is 8.46. The monoisotopic (exact) mass is 218 g/mol. The lowest BCUT2D eigenvalue weighted by Crippen LogP contribution is -2.08. The van der Waals surface area contributed by atoms with Crippen molar-refractivity contribution < 1.29 is 4.74 Å². The second-order valence-corrected chi connectivity index (χ2v) is 4.06. The Kier molecular flexibility index (Phi) is 2.88. The maximum atomic E-state index is 6.13. The molecule has 2 aromatic rings. The molecule has 0 fully saturated rings. The van der Waals surface area contributed by atoms with E-state index in [-0.39, 0.29) is 6.04 Å². The van der Waals surface area contributed by atoms with Crippen molar-refractivity contribution >= 4 is 10.9 Å². The van der Waals surface area contributed by atoms with Gasteiger partial charge in [0.05, 0.1) is 12.6 Å². The first kappa shape index (κ1) is 11.0. The maximum Gasteiger partial charge on any atom is 0.128 e. The molecule has 16 heavy (non-hydrogen) atoms. The van der Waals surface area contributed by atoms with Gasteiger partial charge in [-0.2, -0.15) is 0 Å². The van der Waals surface area contributed by atoms with E-state index in [1.165, 1.54) is 5.52 Å². The lowest BCUT2D eigenvalue weighted by molar-refractivity contribution is 0.419. The fourth-order valence-electron chi connectivity index (χ4n) is 2.12. The van der Waals surface area contributed by atoms with E-state index in [9.17, 15) is 0 Å². The number of aryl methyl sites for hydroxylation is 1. The minimum absolute atomic E-state index is 0.0694. The van der Waals surface area contributed by atoms with Crippen molar-refractivity contribution in [3.63, 3.8) is 0 Å². The molecule has 86 valence electrons. The zero-order valence-corrected chi connectivity index (χ0v) is 10.0. The van der Waals surface area contributed by atoms with Gasteiger partial charge in [-0.25, -0.2) is 0 Å². The number of hydrogen-bond donors (Lipinski definition) is 1. The summed E-state index contributed by atoms with van der Waals surface area (Å²) in [6.45, 7) is 2.10. The van der Waals surface area contributed by atoms with Crippen LogP contribution in [-0.2, 0) is 7.05 Å². The van der Waals surface area contributed by atoms with Gasteiger partial charge >= 0.3 is 0 Å². The molecule has 0 spiro atoms. The molecular weight excluding hydrogens is 200 g/mol. The van der Waals surface area contributed by atoms with Crippen molar-refractivity contribution in [2.24, 2.45) is 12.8 Å². The van der Waals surface area contributed by atoms with Crippen LogP contribution in [0.25, 0.3) is 10.9 Å². The minimum Gasteiger partial charge on any atom is -0.496 e. The fraction of sp³-hybridized carbons (Fsp3) is 0.385. The molecule has 0 aliphatic carbocycles. The zero-order valence-electron chi connectivity index (χ0n) is 10.0. The van der Waals surface area contributed by atoms with Crippen LogP contribution < -0.4 is 10.5 Å². The lowest BCUT2D eigenvalue weighted by Gasteiger charge is -2.09. The summed E-state index contributed by atoms with van der Waals surface area (Å²) in [4.78, 5) is 0. The van der Waals surface area contributed by atoms with Crippen LogP contribution in [0, 0.1) is 0 Å². The third-order valence-electron chi connectivity index (χ3n) is 3.06. The average Bonchev–Trinajstić information content (AvgIpc) is 2.66. The van der Waals surface area contributed by atoms with Crippen LogP contribution in [0.3, 0.4) is 0 Å². The van der Waals surface area contributed by atoms with Crippen molar-refractivity contribution in [2.45, 2.75) is 19.4 Å². The minimum atomic E-state index is 0.0694. The van der Waals surface area contributed by atoms with E-state index < -0.39 is 0 Å². The predicted molar refractivity (Wildman–Crippen MR) is 66.7 cm³/mol. The number of benzene rings is 1. The van der Waals surface area contributed by atoms with Gasteiger partial charge in [0.25, 0.3) is 0 Å². The molecule has 1 aromatic heterocycles. The number of hydrogen-bond acceptors (Lipinski definition) is 2. The van der Waals surface area contributed by atoms with E-state index in [1.807, 2.05) is 19.2 Å². The predicted octanol–water partition coefficient (Wildman–Crippen LogP) is 2.60. The van der Waals surface area contributed by atoms with Crippen LogP contribution in [0.4, 0.5) is 0 Å². The molecule has 0 radical (unpaired) electrons. The molecule has 0 saturated heterocycles. The summed E-state index contributed by atoms with van der Waals surface area (Å²) >= 11 is 0. The molecule has 3 heteroatoms. The average molecular weight is 218 g/mol. The molecule has 1 unspecified atom stereocenters. The van der Waals surface area contributed by atoms with Gasteiger partial charge < -0.3 is 15.0 Å². The van der Waals surface area contributed by atoms with Gasteiger partial charge in [0.2, 0.25) is 0 Å². The fourth-order valence-corrected chi connectivity index (χ4v) is 2.12. The highest BCUT2D eigenvalue weighted by atomic mass is 16.5. The van der Waals surface area contributed by atoms with E-state index in [2.05, 4.69) is 23.8 Å². The molecule has 1 atom stereocenters. The molecular formula is C13H18N2O. The Hall–Kier alpha value is -1.48. The molecule has 0 saturated carbocycles. The van der Waals surface area contributed by atoms with Crippen LogP contribution in [0.2, 0.25) is 0 Å². The number of methoxy groups -OCH3 is 1. The van der Waals surface area contributed by atoms with Gasteiger partial charge in [0, 0.05) is 24.7 Å². The summed E-state index contributed by atoms with van der Waals surface area (Å²) in [5, 5.41) is 1.14. The van der Waals surface area contributed by atoms with E-state index >= 15 is 0 Å². The molecule has 0 amide bonds. The van der Waals surface area contributed by atoms with Gasteiger partial charge in [-0.15, -0.1) is 0 Å². The van der Waals surface area contributed by atoms with Crippen LogP contribution in [0.5, 0.6) is 5.75 Å². The number of nitrogens with two attached hydrogens (primary N) is 1. The van der Waals surface area contributed by atoms with Crippen LogP contribution in [-0.4, -0.2) is 11.7 Å². The standard InChI is InChI=1S/C13H18N2O/c1-4-10(14)9-8-15(2)11-6-5-7-12(16-3)13(9)11/h5-8,10H,4,14H2,1-3H3. The molecule has 1 aromatic carbocycles. The van der Waals surface area contributed by atoms with Crippen LogP contribution in [0.1, 0.15) is 24.9 Å². The quantitative estimate of drug-likeness (QED) is 0.860. The number of aromatic nitrogens is 1. The smallest absolute Gasteiger partial charge is 0.128 e. The number of fused-ring (bicyclic) bond motifs is 1. The Balaban J connectivity index is 2.74. The summed E-state index contributed by atoms with van der Waals surface area (Å²) < 4.78 is 7.51. The Labute approximate surface area is 95.8 Å². The van der Waals surface area contributed by atoms with Crippen molar-refractivity contribution in [3.8, 4) is 5.75 Å². The molecule has 2 rings (SSSR count). The molecule has 0 aliphatic heterocycles. The summed E-state index contributed by atoms with van der Waals surface area (Å²) in [6, 6.07) is 6.14. The normalized spacial score (nSPS) is 13.0. The second kappa shape index (κ2) is 4.18. The van der Waals surface area contributed by atoms with Crippen LogP contribution >= 0.6 is 0 Å². The highest BCUT2D eigenvalue weighted by Gasteiger charge is 2.15. The van der Waals surface area contributed by atoms with Crippen molar-refractivity contribution in [3.05, 3.63) is 30.0 Å². The van der Waals surface area contributed by atoms with Gasteiger partial charge in [-0.1, -0.05) is 13.0 Å². The zero-order chi connectivity index (χ0) is 11.7. The first-order chi connectivity index (χ1) is 7.69. The van der Waals surface area contributed by atoms with E-state index in [0.29, 0.717) is 0 Å². The Morgan fingerprint density at radius 2 is 2.19 bits per heavy atom. The topological polar surface area (TPSA) is 40.2 Å². The maximum absolute atomic E-state index is 6.13. The highest BCUT2D eigenvalue weighted by molar-refractivity contribution is 5.90. The Morgan fingerprint density at radius 1 is 1.44 bits per heavy atom. The van der Waals surface area contributed by atoms with Gasteiger partial charge in [0.15, 0.2) is 0 Å². The molecule has 0 aliphatic rings. The van der Waals surface area contributed by atoms with Gasteiger partial charge in [0.1, 0.15) is 5.75 Å². The Morgan fingerprint density at radius 3 is 2.81 bits per heavy atom. The van der Waals surface area contributed by atoms with Crippen LogP contribution in [0.15, 0.2) is 24.4 Å². The number of rotatable bonds is 3. The first-order valence-corrected chi connectivity index (χ1v) is 5.56. The van der Waals surface area contributed by atoms with Crippen molar-refractivity contribution in [1.82, 2.24) is 4.57 Å². The summed E-state index contributed by atoms with van der Waals surface area (Å²) in [7, 11) is 3.73. The summed E-state index contributed by atoms with van der Waals surface area (Å²) in [6.07, 6.45) is 3.03. The Bertz CT molecular complexity index is 502. The van der Waals surface area contributed by atoms with Gasteiger partial charge in [-0.3, -0.25) is 0 Å². The lowest BCUT2D eigenvalue weighted by atomic mass is 10.0. The van der Waals surface area contributed by atoms with E-state index in [4.69, 9.17) is 10.5 Å². The first-order valence-electron chi connectivity index (χ1n) is 5.56. The molecule has 2 N–H and O–H groups in total. The van der Waals surface area contributed by atoms with Crippen molar-refractivity contribution in [1.29, 1.82) is 0 Å². The summed E-state index contributed by atoms with van der Waals surface area (Å²) in [5.74, 6) is 0.900. The molecule has 0 bridgehead atoms. The third-order valence-corrected chi connectivity index (χ3v) is 3.06. The highest BCUT2D eigenvalue weighted by Crippen LogP contribution is 2.33. The third kappa shape index (κ3) is 1.57. The second-order valence-electron chi connectivity index (χ2n) is 4.06. The molecule has 1 heterocycles. The van der Waals surface area contributed by atoms with E-state index in [1.54, 1.807) is 7.11 Å². The number of ether oxygens (including phenoxy) is 1. The molecule has 3 nitrogen and oxygen atoms in total. The van der Waals surface area contributed by atoms with Crippen molar-refractivity contribution in [2.75, 3.05) is 7.11 Å². The van der Waals surface area contributed by atoms with E-state index in [0.717, 1.165) is 23.1 Å². The van der Waals surface area contributed by atoms with Gasteiger partial charge in [-0.05, 0) is 24.1 Å².